The molecule has 0 spiro atoms. The van der Waals surface area contributed by atoms with Crippen LogP contribution in [0.1, 0.15) is 25.3 Å². The Kier molecular flexibility index (Phi) is 5.72. The molecule has 0 aromatic heterocycles. The molecule has 0 amide bonds. The molecule has 0 unspecified atom stereocenters. The summed E-state index contributed by atoms with van der Waals surface area (Å²) in [6.45, 7) is 5.51. The second-order valence-electron chi connectivity index (χ2n) is 5.80. The number of rotatable bonds is 6. The predicted molar refractivity (Wildman–Crippen MR) is 81.9 cm³/mol. The molecule has 0 atom stereocenters. The van der Waals surface area contributed by atoms with Crippen LogP contribution in [0, 0.1) is 11.7 Å². The summed E-state index contributed by atoms with van der Waals surface area (Å²) in [6.07, 6.45) is 2.37. The Bertz CT molecular complexity index is 537. The van der Waals surface area contributed by atoms with Crippen LogP contribution >= 0.6 is 0 Å². The van der Waals surface area contributed by atoms with Crippen molar-refractivity contribution in [3.05, 3.63) is 35.6 Å². The fourth-order valence-electron chi connectivity index (χ4n) is 2.50. The van der Waals surface area contributed by atoms with Crippen molar-refractivity contribution in [1.82, 2.24) is 9.62 Å². The van der Waals surface area contributed by atoms with E-state index in [1.165, 1.54) is 37.1 Å². The molecule has 4 nitrogen and oxygen atoms in total. The minimum Gasteiger partial charge on any atom is -0.302 e. The van der Waals surface area contributed by atoms with Crippen molar-refractivity contribution in [1.29, 1.82) is 0 Å². The molecule has 1 aromatic carbocycles. The van der Waals surface area contributed by atoms with Crippen LogP contribution in [0.25, 0.3) is 0 Å². The number of hydrogen-bond acceptors (Lipinski definition) is 3. The van der Waals surface area contributed by atoms with E-state index in [0.717, 1.165) is 25.6 Å². The van der Waals surface area contributed by atoms with Crippen molar-refractivity contribution in [2.45, 2.75) is 25.5 Å². The first kappa shape index (κ1) is 16.4. The zero-order chi connectivity index (χ0) is 15.3. The fraction of sp³-hybridized carbons (Fsp3) is 0.600. The van der Waals surface area contributed by atoms with Crippen molar-refractivity contribution in [2.24, 2.45) is 5.92 Å². The third-order valence-corrected chi connectivity index (χ3v) is 5.25. The molecule has 21 heavy (non-hydrogen) atoms. The summed E-state index contributed by atoms with van der Waals surface area (Å²) in [6, 6.07) is 5.56. The third kappa shape index (κ3) is 5.73. The zero-order valence-corrected chi connectivity index (χ0v) is 13.2. The number of piperidine rings is 1. The van der Waals surface area contributed by atoms with Crippen LogP contribution in [-0.4, -0.2) is 39.5 Å². The molecule has 6 heteroatoms. The summed E-state index contributed by atoms with van der Waals surface area (Å²) in [5.74, 6) is 0.310. The highest BCUT2D eigenvalue weighted by atomic mass is 32.2. The molecule has 1 aliphatic rings. The van der Waals surface area contributed by atoms with E-state index in [9.17, 15) is 12.8 Å². The molecule has 0 bridgehead atoms. The highest BCUT2D eigenvalue weighted by molar-refractivity contribution is 7.88. The standard InChI is InChI=1S/C15H23FN2O2S/c1-13-6-9-18(10-7-13)11-8-17-21(19,20)12-14-2-4-15(16)5-3-14/h2-5,13,17H,6-12H2,1H3. The molecule has 1 saturated heterocycles. The van der Waals surface area contributed by atoms with Crippen LogP contribution in [0.4, 0.5) is 4.39 Å². The van der Waals surface area contributed by atoms with Gasteiger partial charge in [0.15, 0.2) is 0 Å². The number of nitrogens with zero attached hydrogens (tertiary/aromatic N) is 1. The van der Waals surface area contributed by atoms with Crippen molar-refractivity contribution in [3.8, 4) is 0 Å². The molecule has 1 aromatic rings. The van der Waals surface area contributed by atoms with E-state index in [-0.39, 0.29) is 11.6 Å². The molecule has 118 valence electrons. The Labute approximate surface area is 126 Å². The summed E-state index contributed by atoms with van der Waals surface area (Å²) in [4.78, 5) is 2.29. The van der Waals surface area contributed by atoms with Crippen LogP contribution in [0.5, 0.6) is 0 Å². The lowest BCUT2D eigenvalue weighted by atomic mass is 9.99. The number of benzene rings is 1. The normalized spacial score (nSPS) is 18.0. The number of likely N-dealkylation sites (tertiary alicyclic amines) is 1. The van der Waals surface area contributed by atoms with E-state index in [1.54, 1.807) is 0 Å². The number of halogens is 1. The monoisotopic (exact) mass is 314 g/mol. The lowest BCUT2D eigenvalue weighted by Gasteiger charge is -2.30. The first-order valence-corrected chi connectivity index (χ1v) is 9.04. The minimum atomic E-state index is -3.36. The maximum Gasteiger partial charge on any atom is 0.215 e. The molecule has 0 aliphatic carbocycles. The van der Waals surface area contributed by atoms with Crippen molar-refractivity contribution < 1.29 is 12.8 Å². The van der Waals surface area contributed by atoms with Crippen LogP contribution < -0.4 is 4.72 Å². The average molecular weight is 314 g/mol. The highest BCUT2D eigenvalue weighted by Gasteiger charge is 2.16. The van der Waals surface area contributed by atoms with E-state index in [2.05, 4.69) is 16.5 Å². The lowest BCUT2D eigenvalue weighted by molar-refractivity contribution is 0.195. The second kappa shape index (κ2) is 7.33. The zero-order valence-electron chi connectivity index (χ0n) is 12.4. The predicted octanol–water partition coefficient (Wildman–Crippen LogP) is 1.98. The molecule has 0 radical (unpaired) electrons. The van der Waals surface area contributed by atoms with Gasteiger partial charge in [0.1, 0.15) is 5.82 Å². The van der Waals surface area contributed by atoms with Gasteiger partial charge in [-0.25, -0.2) is 17.5 Å². The van der Waals surface area contributed by atoms with Crippen LogP contribution in [-0.2, 0) is 15.8 Å². The second-order valence-corrected chi connectivity index (χ2v) is 7.61. The molecule has 1 aliphatic heterocycles. The molecular weight excluding hydrogens is 291 g/mol. The molecule has 0 saturated carbocycles. The summed E-state index contributed by atoms with van der Waals surface area (Å²) < 4.78 is 39.3. The van der Waals surface area contributed by atoms with Crippen LogP contribution in [0.15, 0.2) is 24.3 Å². The van der Waals surface area contributed by atoms with Crippen molar-refractivity contribution >= 4 is 10.0 Å². The molecule has 2 rings (SSSR count). The van der Waals surface area contributed by atoms with Gasteiger partial charge >= 0.3 is 0 Å². The topological polar surface area (TPSA) is 49.4 Å². The number of nitrogens with one attached hydrogen (secondary N) is 1. The largest absolute Gasteiger partial charge is 0.302 e. The van der Waals surface area contributed by atoms with Gasteiger partial charge in [-0.3, -0.25) is 0 Å². The molecule has 1 N–H and O–H groups in total. The summed E-state index contributed by atoms with van der Waals surface area (Å²) >= 11 is 0. The Hall–Kier alpha value is -0.980. The van der Waals surface area contributed by atoms with E-state index in [1.807, 2.05) is 0 Å². The van der Waals surface area contributed by atoms with Gasteiger partial charge in [-0.1, -0.05) is 19.1 Å². The van der Waals surface area contributed by atoms with Gasteiger partial charge < -0.3 is 4.90 Å². The van der Waals surface area contributed by atoms with Crippen LogP contribution in [0.2, 0.25) is 0 Å². The van der Waals surface area contributed by atoms with Gasteiger partial charge in [0.2, 0.25) is 10.0 Å². The lowest BCUT2D eigenvalue weighted by Crippen LogP contribution is -2.39. The minimum absolute atomic E-state index is 0.107. The third-order valence-electron chi connectivity index (χ3n) is 3.90. The highest BCUT2D eigenvalue weighted by Crippen LogP contribution is 2.15. The Morgan fingerprint density at radius 2 is 1.86 bits per heavy atom. The van der Waals surface area contributed by atoms with Crippen molar-refractivity contribution in [2.75, 3.05) is 26.2 Å². The van der Waals surface area contributed by atoms with Crippen molar-refractivity contribution in [3.63, 3.8) is 0 Å². The summed E-state index contributed by atoms with van der Waals surface area (Å²) in [5.41, 5.74) is 0.593. The fourth-order valence-corrected chi connectivity index (χ4v) is 3.63. The van der Waals surface area contributed by atoms with Crippen LogP contribution in [0.3, 0.4) is 0 Å². The Morgan fingerprint density at radius 3 is 2.48 bits per heavy atom. The Balaban J connectivity index is 1.75. The number of sulfonamides is 1. The van der Waals surface area contributed by atoms with E-state index < -0.39 is 10.0 Å². The molecular formula is C15H23FN2O2S. The molecule has 1 fully saturated rings. The molecule has 1 heterocycles. The van der Waals surface area contributed by atoms with E-state index in [4.69, 9.17) is 0 Å². The maximum atomic E-state index is 12.8. The average Bonchev–Trinajstić information content (AvgIpc) is 2.43. The van der Waals surface area contributed by atoms with Gasteiger partial charge in [0, 0.05) is 13.1 Å². The van der Waals surface area contributed by atoms with E-state index in [0.29, 0.717) is 12.1 Å². The quantitative estimate of drug-likeness (QED) is 0.873. The first-order valence-electron chi connectivity index (χ1n) is 7.39. The smallest absolute Gasteiger partial charge is 0.215 e. The van der Waals surface area contributed by atoms with Gasteiger partial charge in [-0.15, -0.1) is 0 Å². The summed E-state index contributed by atoms with van der Waals surface area (Å²) in [7, 11) is -3.36. The summed E-state index contributed by atoms with van der Waals surface area (Å²) in [5, 5.41) is 0. The van der Waals surface area contributed by atoms with Gasteiger partial charge in [-0.05, 0) is 49.5 Å². The maximum absolute atomic E-state index is 12.8. The first-order chi connectivity index (χ1) is 9.94. The Morgan fingerprint density at radius 1 is 1.24 bits per heavy atom. The van der Waals surface area contributed by atoms with Gasteiger partial charge in [-0.2, -0.15) is 0 Å². The SMILES string of the molecule is CC1CCN(CCNS(=O)(=O)Cc2ccc(F)cc2)CC1. The van der Waals surface area contributed by atoms with Gasteiger partial charge in [0.05, 0.1) is 5.75 Å². The number of hydrogen-bond donors (Lipinski definition) is 1. The van der Waals surface area contributed by atoms with Gasteiger partial charge in [0.25, 0.3) is 0 Å². The van der Waals surface area contributed by atoms with E-state index >= 15 is 0 Å².